The van der Waals surface area contributed by atoms with Crippen molar-refractivity contribution in [3.05, 3.63) is 33.7 Å². The van der Waals surface area contributed by atoms with Gasteiger partial charge in [-0.3, -0.25) is 4.79 Å². The van der Waals surface area contributed by atoms with Crippen LogP contribution in [0.2, 0.25) is 5.15 Å². The van der Waals surface area contributed by atoms with Crippen LogP contribution in [-0.2, 0) is 0 Å². The summed E-state index contributed by atoms with van der Waals surface area (Å²) in [5, 5.41) is 3.66. The summed E-state index contributed by atoms with van der Waals surface area (Å²) < 4.78 is 0. The second-order valence-corrected chi connectivity index (χ2v) is 3.58. The first-order chi connectivity index (χ1) is 6.79. The zero-order valence-electron chi connectivity index (χ0n) is 8.05. The number of rotatable bonds is 0. The molecule has 1 aliphatic rings. The molecule has 0 spiro atoms. The molecule has 0 amide bonds. The van der Waals surface area contributed by atoms with E-state index in [0.717, 1.165) is 0 Å². The van der Waals surface area contributed by atoms with Gasteiger partial charge in [-0.2, -0.15) is 0 Å². The minimum atomic E-state index is -0.169. The van der Waals surface area contributed by atoms with E-state index in [0.29, 0.717) is 5.15 Å². The predicted octanol–water partition coefficient (Wildman–Crippen LogP) is 1.79. The first-order valence-electron chi connectivity index (χ1n) is 4.84. The van der Waals surface area contributed by atoms with Gasteiger partial charge < -0.3 is 10.3 Å². The van der Waals surface area contributed by atoms with Gasteiger partial charge in [0.2, 0.25) is 5.56 Å². The summed E-state index contributed by atoms with van der Waals surface area (Å²) in [5.41, 5.74) is -0.169. The molecule has 3 nitrogen and oxygen atoms in total. The van der Waals surface area contributed by atoms with Crippen molar-refractivity contribution in [3.63, 3.8) is 0 Å². The Morgan fingerprint density at radius 3 is 2.14 bits per heavy atom. The maximum Gasteiger partial charge on any atom is 0.249 e. The highest BCUT2D eigenvalue weighted by Crippen LogP contribution is 1.96. The zero-order valence-corrected chi connectivity index (χ0v) is 8.81. The average Bonchev–Trinajstić information content (AvgIpc) is 2.21. The van der Waals surface area contributed by atoms with Crippen molar-refractivity contribution in [1.29, 1.82) is 0 Å². The van der Waals surface area contributed by atoms with Crippen LogP contribution in [0.4, 0.5) is 0 Å². The Hall–Kier alpha value is -0.800. The quantitative estimate of drug-likeness (QED) is 0.647. The van der Waals surface area contributed by atoms with E-state index < -0.39 is 0 Å². The van der Waals surface area contributed by atoms with Crippen molar-refractivity contribution in [3.8, 4) is 0 Å². The van der Waals surface area contributed by atoms with Gasteiger partial charge in [0.1, 0.15) is 5.15 Å². The third-order valence-corrected chi connectivity index (χ3v) is 2.16. The van der Waals surface area contributed by atoms with Crippen molar-refractivity contribution >= 4 is 11.6 Å². The van der Waals surface area contributed by atoms with E-state index in [1.165, 1.54) is 38.4 Å². The SMILES string of the molecule is C1CCNCC1.O=c1cccc(Cl)[nH]1. The van der Waals surface area contributed by atoms with Gasteiger partial charge in [0, 0.05) is 6.07 Å². The average molecular weight is 215 g/mol. The Balaban J connectivity index is 0.000000146. The Labute approximate surface area is 88.5 Å². The number of piperidine rings is 1. The number of aromatic amines is 1. The van der Waals surface area contributed by atoms with Crippen molar-refractivity contribution in [2.75, 3.05) is 13.1 Å². The number of halogens is 1. The number of hydrogen-bond acceptors (Lipinski definition) is 2. The van der Waals surface area contributed by atoms with Crippen LogP contribution in [0.5, 0.6) is 0 Å². The van der Waals surface area contributed by atoms with E-state index in [-0.39, 0.29) is 5.56 Å². The lowest BCUT2D eigenvalue weighted by Gasteiger charge is -2.08. The summed E-state index contributed by atoms with van der Waals surface area (Å²) in [6.45, 7) is 2.50. The zero-order chi connectivity index (χ0) is 10.2. The van der Waals surface area contributed by atoms with Gasteiger partial charge >= 0.3 is 0 Å². The lowest BCUT2D eigenvalue weighted by atomic mass is 10.2. The third-order valence-electron chi connectivity index (χ3n) is 1.94. The fourth-order valence-electron chi connectivity index (χ4n) is 1.22. The molecule has 4 heteroatoms. The van der Waals surface area contributed by atoms with Crippen LogP contribution < -0.4 is 10.9 Å². The molecule has 0 bridgehead atoms. The summed E-state index contributed by atoms with van der Waals surface area (Å²) in [6, 6.07) is 4.62. The van der Waals surface area contributed by atoms with Crippen LogP contribution >= 0.6 is 11.6 Å². The maximum absolute atomic E-state index is 10.4. The van der Waals surface area contributed by atoms with Crippen molar-refractivity contribution < 1.29 is 0 Å². The largest absolute Gasteiger partial charge is 0.317 e. The highest BCUT2D eigenvalue weighted by Gasteiger charge is 1.93. The van der Waals surface area contributed by atoms with Crippen LogP contribution in [-0.4, -0.2) is 18.1 Å². The molecule has 14 heavy (non-hydrogen) atoms. The molecule has 2 N–H and O–H groups in total. The van der Waals surface area contributed by atoms with Crippen LogP contribution in [0.3, 0.4) is 0 Å². The summed E-state index contributed by atoms with van der Waals surface area (Å²) in [6.07, 6.45) is 4.22. The third kappa shape index (κ3) is 5.04. The molecule has 1 fully saturated rings. The molecular formula is C10H15ClN2O. The van der Waals surface area contributed by atoms with Crippen LogP contribution in [0.25, 0.3) is 0 Å². The number of hydrogen-bond donors (Lipinski definition) is 2. The Morgan fingerprint density at radius 1 is 1.14 bits per heavy atom. The Morgan fingerprint density at radius 2 is 1.86 bits per heavy atom. The molecule has 1 saturated heterocycles. The summed E-state index contributed by atoms with van der Waals surface area (Å²) >= 11 is 5.39. The van der Waals surface area contributed by atoms with Crippen molar-refractivity contribution in [2.24, 2.45) is 0 Å². The highest BCUT2D eigenvalue weighted by atomic mass is 35.5. The molecule has 1 aliphatic heterocycles. The van der Waals surface area contributed by atoms with E-state index >= 15 is 0 Å². The molecular weight excluding hydrogens is 200 g/mol. The molecule has 0 radical (unpaired) electrons. The van der Waals surface area contributed by atoms with Gasteiger partial charge in [-0.05, 0) is 32.0 Å². The van der Waals surface area contributed by atoms with Crippen LogP contribution in [0.15, 0.2) is 23.0 Å². The van der Waals surface area contributed by atoms with Gasteiger partial charge in [-0.15, -0.1) is 0 Å². The first kappa shape index (κ1) is 11.3. The molecule has 1 aromatic heterocycles. The minimum absolute atomic E-state index is 0.169. The fraction of sp³-hybridized carbons (Fsp3) is 0.500. The van der Waals surface area contributed by atoms with E-state index in [4.69, 9.17) is 11.6 Å². The second kappa shape index (κ2) is 6.62. The van der Waals surface area contributed by atoms with Crippen LogP contribution in [0, 0.1) is 0 Å². The predicted molar refractivity (Wildman–Crippen MR) is 58.8 cm³/mol. The van der Waals surface area contributed by atoms with Gasteiger partial charge in [0.25, 0.3) is 0 Å². The van der Waals surface area contributed by atoms with E-state index in [1.807, 2.05) is 0 Å². The monoisotopic (exact) mass is 214 g/mol. The summed E-state index contributed by atoms with van der Waals surface area (Å²) in [4.78, 5) is 12.7. The Kier molecular flexibility index (Phi) is 5.33. The number of nitrogens with one attached hydrogen (secondary N) is 2. The van der Waals surface area contributed by atoms with Crippen molar-refractivity contribution in [2.45, 2.75) is 19.3 Å². The topological polar surface area (TPSA) is 44.9 Å². The second-order valence-electron chi connectivity index (χ2n) is 3.17. The standard InChI is InChI=1S/C5H4ClNO.C5H11N/c6-4-2-1-3-5(8)7-4;1-2-4-6-5-3-1/h1-3H,(H,7,8);6H,1-5H2. The molecule has 78 valence electrons. The summed E-state index contributed by atoms with van der Waals surface area (Å²) in [5.74, 6) is 0. The van der Waals surface area contributed by atoms with Crippen molar-refractivity contribution in [1.82, 2.24) is 10.3 Å². The van der Waals surface area contributed by atoms with Gasteiger partial charge in [0.15, 0.2) is 0 Å². The molecule has 1 aromatic rings. The van der Waals surface area contributed by atoms with E-state index in [1.54, 1.807) is 12.1 Å². The first-order valence-corrected chi connectivity index (χ1v) is 5.22. The van der Waals surface area contributed by atoms with E-state index in [2.05, 4.69) is 10.3 Å². The van der Waals surface area contributed by atoms with Crippen LogP contribution in [0.1, 0.15) is 19.3 Å². The van der Waals surface area contributed by atoms with E-state index in [9.17, 15) is 4.79 Å². The van der Waals surface area contributed by atoms with Gasteiger partial charge in [-0.25, -0.2) is 0 Å². The maximum atomic E-state index is 10.4. The molecule has 0 unspecified atom stereocenters. The minimum Gasteiger partial charge on any atom is -0.317 e. The smallest absolute Gasteiger partial charge is 0.249 e. The molecule has 0 saturated carbocycles. The lowest BCUT2D eigenvalue weighted by molar-refractivity contribution is 0.520. The fourth-order valence-corrected chi connectivity index (χ4v) is 1.39. The number of aromatic nitrogens is 1. The Bertz CT molecular complexity index is 295. The molecule has 2 heterocycles. The molecule has 0 atom stereocenters. The number of pyridine rings is 1. The number of H-pyrrole nitrogens is 1. The lowest BCUT2D eigenvalue weighted by Crippen LogP contribution is -2.21. The molecule has 0 aromatic carbocycles. The highest BCUT2D eigenvalue weighted by molar-refractivity contribution is 6.29. The van der Waals surface area contributed by atoms with Gasteiger partial charge in [-0.1, -0.05) is 24.1 Å². The van der Waals surface area contributed by atoms with Gasteiger partial charge in [0.05, 0.1) is 0 Å². The molecule has 2 rings (SSSR count). The molecule has 0 aliphatic carbocycles. The summed E-state index contributed by atoms with van der Waals surface area (Å²) in [7, 11) is 0. The normalized spacial score (nSPS) is 15.5.